The van der Waals surface area contributed by atoms with Crippen molar-refractivity contribution in [3.63, 3.8) is 0 Å². The van der Waals surface area contributed by atoms with Crippen molar-refractivity contribution in [2.75, 3.05) is 6.61 Å². The van der Waals surface area contributed by atoms with Crippen LogP contribution in [0.2, 0.25) is 0 Å². The fraction of sp³-hybridized carbons (Fsp3) is 0.667. The summed E-state index contributed by atoms with van der Waals surface area (Å²) < 4.78 is 6.02. The Morgan fingerprint density at radius 2 is 1.87 bits per heavy atom. The number of carbonyl (C=O) groups is 1. The van der Waals surface area contributed by atoms with Gasteiger partial charge in [-0.25, -0.2) is 0 Å². The number of Topliss-reactive ketones (excluding diaryl/α,β-unsaturated/α-hetero) is 1. The van der Waals surface area contributed by atoms with E-state index in [0.717, 1.165) is 18.6 Å². The maximum atomic E-state index is 11.9. The van der Waals surface area contributed by atoms with E-state index < -0.39 is 0 Å². The van der Waals surface area contributed by atoms with Gasteiger partial charge in [-0.1, -0.05) is 52.3 Å². The third-order valence-electron chi connectivity index (χ3n) is 4.08. The highest BCUT2D eigenvalue weighted by Gasteiger charge is 2.23. The summed E-state index contributed by atoms with van der Waals surface area (Å²) in [5.41, 5.74) is 3.82. The number of hydrogen-bond acceptors (Lipinski definition) is 2. The molecule has 2 nitrogen and oxygen atoms in total. The lowest BCUT2D eigenvalue weighted by atomic mass is 9.82. The Bertz CT molecular complexity index is 523. The molecule has 0 N–H and O–H groups in total. The summed E-state index contributed by atoms with van der Waals surface area (Å²) in [6.07, 6.45) is 3.20. The maximum absolute atomic E-state index is 11.9. The Hall–Kier alpha value is -1.31. The highest BCUT2D eigenvalue weighted by Crippen LogP contribution is 2.36. The molecule has 0 aliphatic carbocycles. The molecule has 0 aliphatic rings. The molecule has 130 valence electrons. The number of aryl methyl sites for hydroxylation is 1. The number of benzene rings is 1. The Morgan fingerprint density at radius 3 is 2.39 bits per heavy atom. The molecule has 0 saturated heterocycles. The van der Waals surface area contributed by atoms with Crippen LogP contribution in [0.25, 0.3) is 0 Å². The third kappa shape index (κ3) is 6.01. The first-order valence-electron chi connectivity index (χ1n) is 8.97. The summed E-state index contributed by atoms with van der Waals surface area (Å²) in [5.74, 6) is 1.75. The van der Waals surface area contributed by atoms with Gasteiger partial charge in [-0.2, -0.15) is 0 Å². The van der Waals surface area contributed by atoms with Crippen LogP contribution in [0.15, 0.2) is 12.1 Å². The van der Waals surface area contributed by atoms with Crippen LogP contribution in [0.3, 0.4) is 0 Å². The van der Waals surface area contributed by atoms with Gasteiger partial charge in [0.05, 0.1) is 6.61 Å². The molecule has 1 rings (SSSR count). The molecule has 0 amide bonds. The Labute approximate surface area is 142 Å². The molecule has 0 aliphatic heterocycles. The number of hydrogen-bond donors (Lipinski definition) is 0. The first kappa shape index (κ1) is 19.7. The highest BCUT2D eigenvalue weighted by atomic mass is 16.5. The van der Waals surface area contributed by atoms with Gasteiger partial charge in [0, 0.05) is 18.4 Å². The van der Waals surface area contributed by atoms with Crippen molar-refractivity contribution >= 4 is 5.78 Å². The van der Waals surface area contributed by atoms with Crippen LogP contribution >= 0.6 is 0 Å². The molecule has 1 unspecified atom stereocenters. The normalized spacial score (nSPS) is 13.0. The second-order valence-electron chi connectivity index (χ2n) is 7.79. The smallest absolute Gasteiger partial charge is 0.133 e. The minimum Gasteiger partial charge on any atom is -0.493 e. The molecule has 1 aromatic rings. The molecular weight excluding hydrogens is 284 g/mol. The SMILES string of the molecule is CCCC(=O)CC(C)Cc1cc(C)cc(C(C)(C)C)c1OCC. The molecule has 0 aromatic heterocycles. The lowest BCUT2D eigenvalue weighted by Gasteiger charge is -2.26. The number of ketones is 1. The van der Waals surface area contributed by atoms with Gasteiger partial charge < -0.3 is 4.74 Å². The van der Waals surface area contributed by atoms with Crippen LogP contribution < -0.4 is 4.74 Å². The van der Waals surface area contributed by atoms with E-state index in [4.69, 9.17) is 4.74 Å². The standard InChI is InChI=1S/C21H34O2/c1-8-10-18(22)13-15(3)11-17-12-16(4)14-19(21(5,6)7)20(17)23-9-2/h12,14-15H,8-11,13H2,1-7H3. The van der Waals surface area contributed by atoms with Crippen molar-refractivity contribution in [3.8, 4) is 5.75 Å². The first-order chi connectivity index (χ1) is 10.7. The number of rotatable bonds is 8. The summed E-state index contributed by atoms with van der Waals surface area (Å²) in [5, 5.41) is 0. The minimum atomic E-state index is 0.0482. The molecule has 0 heterocycles. The van der Waals surface area contributed by atoms with Crippen LogP contribution in [0.4, 0.5) is 0 Å². The second kappa shape index (κ2) is 8.52. The van der Waals surface area contributed by atoms with E-state index in [2.05, 4.69) is 53.7 Å². The zero-order valence-electron chi connectivity index (χ0n) is 16.1. The van der Waals surface area contributed by atoms with E-state index in [-0.39, 0.29) is 5.41 Å². The van der Waals surface area contributed by atoms with E-state index in [1.54, 1.807) is 0 Å². The quantitative estimate of drug-likeness (QED) is 0.621. The van der Waals surface area contributed by atoms with E-state index in [9.17, 15) is 4.79 Å². The summed E-state index contributed by atoms with van der Waals surface area (Å²) in [6.45, 7) is 15.7. The molecular formula is C21H34O2. The molecule has 0 bridgehead atoms. The zero-order chi connectivity index (χ0) is 17.6. The summed E-state index contributed by atoms with van der Waals surface area (Å²) in [4.78, 5) is 11.9. The molecule has 0 spiro atoms. The molecule has 0 saturated carbocycles. The van der Waals surface area contributed by atoms with Crippen molar-refractivity contribution in [1.82, 2.24) is 0 Å². The van der Waals surface area contributed by atoms with Crippen molar-refractivity contribution in [3.05, 3.63) is 28.8 Å². The molecule has 0 radical (unpaired) electrons. The zero-order valence-corrected chi connectivity index (χ0v) is 16.1. The lowest BCUT2D eigenvalue weighted by Crippen LogP contribution is -2.16. The van der Waals surface area contributed by atoms with Crippen LogP contribution in [-0.4, -0.2) is 12.4 Å². The van der Waals surface area contributed by atoms with Crippen molar-refractivity contribution in [2.24, 2.45) is 5.92 Å². The van der Waals surface area contributed by atoms with Crippen LogP contribution in [0, 0.1) is 12.8 Å². The lowest BCUT2D eigenvalue weighted by molar-refractivity contribution is -0.119. The fourth-order valence-electron chi connectivity index (χ4n) is 3.09. The number of carbonyl (C=O) groups excluding carboxylic acids is 1. The van der Waals surface area contributed by atoms with E-state index in [1.165, 1.54) is 16.7 Å². The second-order valence-corrected chi connectivity index (χ2v) is 7.79. The predicted molar refractivity (Wildman–Crippen MR) is 98.4 cm³/mol. The average Bonchev–Trinajstić information content (AvgIpc) is 2.40. The highest BCUT2D eigenvalue weighted by molar-refractivity contribution is 5.78. The van der Waals surface area contributed by atoms with Crippen LogP contribution in [0.1, 0.15) is 77.5 Å². The molecule has 1 aromatic carbocycles. The Kier molecular flexibility index (Phi) is 7.31. The van der Waals surface area contributed by atoms with Crippen LogP contribution in [0.5, 0.6) is 5.75 Å². The molecule has 2 heteroatoms. The van der Waals surface area contributed by atoms with Crippen LogP contribution in [-0.2, 0) is 16.6 Å². The van der Waals surface area contributed by atoms with E-state index in [0.29, 0.717) is 31.1 Å². The van der Waals surface area contributed by atoms with Gasteiger partial charge in [0.15, 0.2) is 0 Å². The molecule has 1 atom stereocenters. The summed E-state index contributed by atoms with van der Waals surface area (Å²) in [7, 11) is 0. The van der Waals surface area contributed by atoms with E-state index >= 15 is 0 Å². The topological polar surface area (TPSA) is 26.3 Å². The maximum Gasteiger partial charge on any atom is 0.133 e. The monoisotopic (exact) mass is 318 g/mol. The van der Waals surface area contributed by atoms with Gasteiger partial charge in [-0.05, 0) is 43.6 Å². The molecule has 23 heavy (non-hydrogen) atoms. The summed E-state index contributed by atoms with van der Waals surface area (Å²) in [6, 6.07) is 4.46. The predicted octanol–water partition coefficient (Wildman–Crippen LogP) is 5.63. The Balaban J connectivity index is 3.09. The number of ether oxygens (including phenoxy) is 1. The minimum absolute atomic E-state index is 0.0482. The molecule has 0 fully saturated rings. The van der Waals surface area contributed by atoms with Gasteiger partial charge in [0.2, 0.25) is 0 Å². The van der Waals surface area contributed by atoms with Gasteiger partial charge in [-0.15, -0.1) is 0 Å². The van der Waals surface area contributed by atoms with Gasteiger partial charge in [-0.3, -0.25) is 4.79 Å². The largest absolute Gasteiger partial charge is 0.493 e. The van der Waals surface area contributed by atoms with Crippen molar-refractivity contribution in [2.45, 2.75) is 79.6 Å². The van der Waals surface area contributed by atoms with Crippen molar-refractivity contribution < 1.29 is 9.53 Å². The van der Waals surface area contributed by atoms with Crippen molar-refractivity contribution in [1.29, 1.82) is 0 Å². The Morgan fingerprint density at radius 1 is 1.22 bits per heavy atom. The van der Waals surface area contributed by atoms with E-state index in [1.807, 2.05) is 6.92 Å². The van der Waals surface area contributed by atoms with Gasteiger partial charge in [0.1, 0.15) is 11.5 Å². The fourth-order valence-corrected chi connectivity index (χ4v) is 3.09. The van der Waals surface area contributed by atoms with Gasteiger partial charge in [0.25, 0.3) is 0 Å². The van der Waals surface area contributed by atoms with Gasteiger partial charge >= 0.3 is 0 Å². The average molecular weight is 319 g/mol. The third-order valence-corrected chi connectivity index (χ3v) is 4.08. The first-order valence-corrected chi connectivity index (χ1v) is 8.97. The summed E-state index contributed by atoms with van der Waals surface area (Å²) >= 11 is 0.